The van der Waals surface area contributed by atoms with Crippen LogP contribution in [0.2, 0.25) is 5.02 Å². The molecule has 4 heteroatoms. The number of likely N-dealkylation sites (N-methyl/N-ethyl adjacent to an activating group) is 1. The number of nitrogens with zero attached hydrogens (tertiary/aromatic N) is 1. The number of hydrogen-bond donors (Lipinski definition) is 1. The summed E-state index contributed by atoms with van der Waals surface area (Å²) in [4.78, 5) is 3.83. The van der Waals surface area contributed by atoms with Gasteiger partial charge in [-0.2, -0.15) is 0 Å². The van der Waals surface area contributed by atoms with Crippen LogP contribution < -0.4 is 5.32 Å². The van der Waals surface area contributed by atoms with Crippen molar-refractivity contribution in [1.29, 1.82) is 0 Å². The lowest BCUT2D eigenvalue weighted by Crippen LogP contribution is -2.37. The Hall–Kier alpha value is -0.610. The monoisotopic (exact) mass is 308 g/mol. The van der Waals surface area contributed by atoms with E-state index < -0.39 is 0 Å². The Morgan fingerprint density at radius 2 is 2.25 bits per heavy atom. The van der Waals surface area contributed by atoms with E-state index in [-0.39, 0.29) is 0 Å². The maximum absolute atomic E-state index is 6.47. The summed E-state index contributed by atoms with van der Waals surface area (Å²) in [5, 5.41) is 5.71. The van der Waals surface area contributed by atoms with Crippen molar-refractivity contribution in [3.05, 3.63) is 34.2 Å². The van der Waals surface area contributed by atoms with Gasteiger partial charge in [0.25, 0.3) is 0 Å². The first kappa shape index (κ1) is 14.3. The summed E-state index contributed by atoms with van der Waals surface area (Å²) < 4.78 is 1.28. The average molecular weight is 309 g/mol. The summed E-state index contributed by atoms with van der Waals surface area (Å²) in [7, 11) is 0. The first-order valence-electron chi connectivity index (χ1n) is 7.40. The minimum Gasteiger partial charge on any atom is -0.310 e. The molecule has 1 fully saturated rings. The number of benzene rings is 1. The van der Waals surface area contributed by atoms with E-state index in [1.54, 1.807) is 11.3 Å². The molecule has 2 heterocycles. The van der Waals surface area contributed by atoms with Crippen molar-refractivity contribution in [2.75, 3.05) is 19.6 Å². The van der Waals surface area contributed by atoms with Crippen LogP contribution in [0.5, 0.6) is 0 Å². The first-order valence-corrected chi connectivity index (χ1v) is 8.59. The Balaban J connectivity index is 1.61. The standard InChI is InChI=1S/C16H21ClN2S/c1-2-19-9-5-6-12(19)10-18-11-15-16(17)13-7-3-4-8-14(13)20-15/h3-4,7-8,12,18H,2,5-6,9-11H2,1H3. The number of nitrogens with one attached hydrogen (secondary N) is 1. The summed E-state index contributed by atoms with van der Waals surface area (Å²) in [6, 6.07) is 9.08. The van der Waals surface area contributed by atoms with E-state index in [1.165, 1.54) is 34.3 Å². The molecule has 1 aromatic heterocycles. The predicted octanol–water partition coefficient (Wildman–Crippen LogP) is 4.13. The van der Waals surface area contributed by atoms with Gasteiger partial charge in [-0.3, -0.25) is 4.90 Å². The first-order chi connectivity index (χ1) is 9.79. The van der Waals surface area contributed by atoms with E-state index >= 15 is 0 Å². The van der Waals surface area contributed by atoms with Gasteiger partial charge in [0.05, 0.1) is 5.02 Å². The van der Waals surface area contributed by atoms with Crippen LogP contribution in [0, 0.1) is 0 Å². The largest absolute Gasteiger partial charge is 0.310 e. The Kier molecular flexibility index (Phi) is 4.61. The van der Waals surface area contributed by atoms with Gasteiger partial charge in [-0.05, 0) is 32.0 Å². The molecule has 0 radical (unpaired) electrons. The highest BCUT2D eigenvalue weighted by Gasteiger charge is 2.22. The molecule has 0 spiro atoms. The Bertz CT molecular complexity index is 581. The lowest BCUT2D eigenvalue weighted by atomic mass is 10.2. The van der Waals surface area contributed by atoms with Crippen LogP contribution in [-0.2, 0) is 6.54 Å². The minimum absolute atomic E-state index is 0.702. The van der Waals surface area contributed by atoms with E-state index in [2.05, 4.69) is 41.4 Å². The molecule has 0 bridgehead atoms. The molecule has 0 amide bonds. The van der Waals surface area contributed by atoms with Crippen LogP contribution >= 0.6 is 22.9 Å². The van der Waals surface area contributed by atoms with Gasteiger partial charge >= 0.3 is 0 Å². The number of halogens is 1. The van der Waals surface area contributed by atoms with Crippen molar-refractivity contribution in [3.8, 4) is 0 Å². The van der Waals surface area contributed by atoms with Gasteiger partial charge < -0.3 is 5.32 Å². The van der Waals surface area contributed by atoms with E-state index in [0.29, 0.717) is 6.04 Å². The Labute approximate surface area is 129 Å². The zero-order valence-corrected chi connectivity index (χ0v) is 13.4. The highest BCUT2D eigenvalue weighted by atomic mass is 35.5. The van der Waals surface area contributed by atoms with Gasteiger partial charge in [-0.15, -0.1) is 11.3 Å². The lowest BCUT2D eigenvalue weighted by Gasteiger charge is -2.22. The van der Waals surface area contributed by atoms with Crippen molar-refractivity contribution in [1.82, 2.24) is 10.2 Å². The van der Waals surface area contributed by atoms with Crippen LogP contribution in [0.4, 0.5) is 0 Å². The molecule has 1 N–H and O–H groups in total. The van der Waals surface area contributed by atoms with Crippen molar-refractivity contribution < 1.29 is 0 Å². The number of fused-ring (bicyclic) bond motifs is 1. The maximum atomic E-state index is 6.47. The summed E-state index contributed by atoms with van der Waals surface area (Å²) in [5.41, 5.74) is 0. The number of hydrogen-bond acceptors (Lipinski definition) is 3. The molecule has 1 aliphatic rings. The van der Waals surface area contributed by atoms with Crippen molar-refractivity contribution in [2.24, 2.45) is 0 Å². The van der Waals surface area contributed by atoms with Crippen LogP contribution in [0.1, 0.15) is 24.6 Å². The third-order valence-electron chi connectivity index (χ3n) is 4.17. The van der Waals surface area contributed by atoms with Gasteiger partial charge in [-0.1, -0.05) is 36.7 Å². The smallest absolute Gasteiger partial charge is 0.0636 e. The molecule has 2 nitrogen and oxygen atoms in total. The molecule has 0 saturated carbocycles. The molecule has 1 aliphatic heterocycles. The summed E-state index contributed by atoms with van der Waals surface area (Å²) in [5.74, 6) is 0. The highest BCUT2D eigenvalue weighted by molar-refractivity contribution is 7.19. The van der Waals surface area contributed by atoms with E-state index in [0.717, 1.165) is 24.7 Å². The summed E-state index contributed by atoms with van der Waals surface area (Å²) in [6.45, 7) is 6.62. The van der Waals surface area contributed by atoms with E-state index in [4.69, 9.17) is 11.6 Å². The topological polar surface area (TPSA) is 15.3 Å². The maximum Gasteiger partial charge on any atom is 0.0636 e. The fraction of sp³-hybridized carbons (Fsp3) is 0.500. The fourth-order valence-electron chi connectivity index (χ4n) is 3.07. The van der Waals surface area contributed by atoms with Crippen LogP contribution in [0.15, 0.2) is 24.3 Å². The Morgan fingerprint density at radius 3 is 3.05 bits per heavy atom. The fourth-order valence-corrected chi connectivity index (χ4v) is 4.54. The van der Waals surface area contributed by atoms with Crippen molar-refractivity contribution >= 4 is 33.0 Å². The van der Waals surface area contributed by atoms with E-state index in [1.807, 2.05) is 0 Å². The van der Waals surface area contributed by atoms with Gasteiger partial charge in [-0.25, -0.2) is 0 Å². The summed E-state index contributed by atoms with van der Waals surface area (Å²) >= 11 is 8.27. The van der Waals surface area contributed by atoms with Gasteiger partial charge in [0.2, 0.25) is 0 Å². The normalized spacial score (nSPS) is 20.0. The molecule has 108 valence electrons. The zero-order valence-electron chi connectivity index (χ0n) is 11.9. The molecule has 3 rings (SSSR count). The summed E-state index contributed by atoms with van der Waals surface area (Å²) in [6.07, 6.45) is 2.66. The number of thiophene rings is 1. The third kappa shape index (κ3) is 2.86. The lowest BCUT2D eigenvalue weighted by molar-refractivity contribution is 0.260. The van der Waals surface area contributed by atoms with Crippen molar-refractivity contribution in [2.45, 2.75) is 32.4 Å². The van der Waals surface area contributed by atoms with Gasteiger partial charge in [0.15, 0.2) is 0 Å². The average Bonchev–Trinajstić information content (AvgIpc) is 3.05. The Morgan fingerprint density at radius 1 is 1.40 bits per heavy atom. The SMILES string of the molecule is CCN1CCCC1CNCc1sc2ccccc2c1Cl. The molecule has 2 aromatic rings. The molecular formula is C16H21ClN2S. The zero-order chi connectivity index (χ0) is 13.9. The molecule has 0 aliphatic carbocycles. The quantitative estimate of drug-likeness (QED) is 0.893. The van der Waals surface area contributed by atoms with Crippen LogP contribution in [-0.4, -0.2) is 30.6 Å². The van der Waals surface area contributed by atoms with E-state index in [9.17, 15) is 0 Å². The minimum atomic E-state index is 0.702. The molecular weight excluding hydrogens is 288 g/mol. The van der Waals surface area contributed by atoms with Crippen LogP contribution in [0.3, 0.4) is 0 Å². The van der Waals surface area contributed by atoms with Gasteiger partial charge in [0.1, 0.15) is 0 Å². The van der Waals surface area contributed by atoms with Crippen LogP contribution in [0.25, 0.3) is 10.1 Å². The molecule has 1 atom stereocenters. The van der Waals surface area contributed by atoms with Crippen molar-refractivity contribution in [3.63, 3.8) is 0 Å². The van der Waals surface area contributed by atoms with Gasteiger partial charge in [0, 0.05) is 34.1 Å². The second kappa shape index (κ2) is 6.44. The second-order valence-corrected chi connectivity index (χ2v) is 6.91. The second-order valence-electron chi connectivity index (χ2n) is 5.39. The number of rotatable bonds is 5. The third-order valence-corrected chi connectivity index (χ3v) is 5.89. The molecule has 20 heavy (non-hydrogen) atoms. The molecule has 1 aromatic carbocycles. The highest BCUT2D eigenvalue weighted by Crippen LogP contribution is 2.34. The predicted molar refractivity (Wildman–Crippen MR) is 88.8 cm³/mol. The molecule has 1 saturated heterocycles. The number of likely N-dealkylation sites (tertiary alicyclic amines) is 1. The molecule has 1 unspecified atom stereocenters.